The normalized spacial score (nSPS) is 14.9. The second-order valence-electron chi connectivity index (χ2n) is 5.13. The van der Waals surface area contributed by atoms with Gasteiger partial charge in [-0.2, -0.15) is 0 Å². The van der Waals surface area contributed by atoms with Crippen molar-refractivity contribution in [2.24, 2.45) is 0 Å². The first-order valence-electron chi connectivity index (χ1n) is 6.98. The fraction of sp³-hybridized carbons (Fsp3) is 0.222. The van der Waals surface area contributed by atoms with Crippen molar-refractivity contribution in [2.45, 2.75) is 19.9 Å². The molecular formula is C18H19NS. The van der Waals surface area contributed by atoms with Crippen LogP contribution in [0, 0.1) is 0 Å². The minimum atomic E-state index is 1.01. The molecule has 0 radical (unpaired) electrons. The minimum Gasteiger partial charge on any atom is -0.360 e. The van der Waals surface area contributed by atoms with Crippen LogP contribution in [0.25, 0.3) is 0 Å². The number of rotatable bonds is 4. The van der Waals surface area contributed by atoms with Crippen LogP contribution < -0.4 is 0 Å². The maximum atomic E-state index is 2.47. The Bertz CT molecular complexity index is 589. The van der Waals surface area contributed by atoms with Crippen molar-refractivity contribution in [2.75, 3.05) is 5.88 Å². The standard InChI is InChI=1S/C18H19NS/c1-15-18(12-16-8-4-2-5-9-16)20-14-19(15)13-17-10-6-3-7-11-17/h2-11H,12-14H2,1H3. The third-order valence-corrected chi connectivity index (χ3v) is 4.93. The average molecular weight is 281 g/mol. The summed E-state index contributed by atoms with van der Waals surface area (Å²) in [5, 5.41) is 0. The lowest BCUT2D eigenvalue weighted by molar-refractivity contribution is 0.402. The predicted octanol–water partition coefficient (Wildman–Crippen LogP) is 4.67. The van der Waals surface area contributed by atoms with Gasteiger partial charge >= 0.3 is 0 Å². The highest BCUT2D eigenvalue weighted by molar-refractivity contribution is 8.03. The highest BCUT2D eigenvalue weighted by atomic mass is 32.2. The van der Waals surface area contributed by atoms with Gasteiger partial charge in [-0.05, 0) is 18.1 Å². The monoisotopic (exact) mass is 281 g/mol. The molecule has 1 heterocycles. The van der Waals surface area contributed by atoms with Gasteiger partial charge in [-0.3, -0.25) is 0 Å². The second kappa shape index (κ2) is 6.19. The van der Waals surface area contributed by atoms with E-state index in [9.17, 15) is 0 Å². The number of benzene rings is 2. The average Bonchev–Trinajstić information content (AvgIpc) is 2.83. The maximum absolute atomic E-state index is 2.47. The summed E-state index contributed by atoms with van der Waals surface area (Å²) in [6.07, 6.45) is 1.06. The number of hydrogen-bond donors (Lipinski definition) is 0. The number of hydrogen-bond acceptors (Lipinski definition) is 2. The summed E-state index contributed by atoms with van der Waals surface area (Å²) < 4.78 is 0. The van der Waals surface area contributed by atoms with Crippen LogP contribution in [-0.4, -0.2) is 10.8 Å². The molecule has 0 aliphatic carbocycles. The SMILES string of the molecule is CC1=C(Cc2ccccc2)SCN1Cc1ccccc1. The van der Waals surface area contributed by atoms with E-state index in [1.165, 1.54) is 21.7 Å². The molecule has 0 saturated heterocycles. The molecule has 0 aromatic heterocycles. The van der Waals surface area contributed by atoms with Gasteiger partial charge in [0.1, 0.15) is 0 Å². The third kappa shape index (κ3) is 3.07. The van der Waals surface area contributed by atoms with Gasteiger partial charge in [-0.15, -0.1) is 11.8 Å². The maximum Gasteiger partial charge on any atom is 0.0684 e. The van der Waals surface area contributed by atoms with Crippen molar-refractivity contribution in [3.05, 3.63) is 82.4 Å². The van der Waals surface area contributed by atoms with Crippen LogP contribution >= 0.6 is 11.8 Å². The van der Waals surface area contributed by atoms with Crippen molar-refractivity contribution in [1.29, 1.82) is 0 Å². The molecule has 2 aromatic carbocycles. The zero-order valence-corrected chi connectivity index (χ0v) is 12.6. The lowest BCUT2D eigenvalue weighted by Crippen LogP contribution is -2.16. The van der Waals surface area contributed by atoms with Gasteiger partial charge in [0.25, 0.3) is 0 Å². The van der Waals surface area contributed by atoms with E-state index in [0.717, 1.165) is 18.8 Å². The summed E-state index contributed by atoms with van der Waals surface area (Å²) in [4.78, 5) is 3.98. The van der Waals surface area contributed by atoms with Crippen LogP contribution in [0.5, 0.6) is 0 Å². The molecule has 0 bridgehead atoms. The molecule has 1 aliphatic heterocycles. The molecule has 0 N–H and O–H groups in total. The van der Waals surface area contributed by atoms with E-state index < -0.39 is 0 Å². The summed E-state index contributed by atoms with van der Waals surface area (Å²) in [5.41, 5.74) is 4.21. The van der Waals surface area contributed by atoms with Crippen LogP contribution in [0.2, 0.25) is 0 Å². The van der Waals surface area contributed by atoms with Gasteiger partial charge in [-0.1, -0.05) is 60.7 Å². The topological polar surface area (TPSA) is 3.24 Å². The number of allylic oxidation sites excluding steroid dienone is 2. The Morgan fingerprint density at radius 1 is 0.900 bits per heavy atom. The van der Waals surface area contributed by atoms with Crippen molar-refractivity contribution < 1.29 is 0 Å². The van der Waals surface area contributed by atoms with E-state index in [0.29, 0.717) is 0 Å². The molecule has 0 unspecified atom stereocenters. The van der Waals surface area contributed by atoms with Gasteiger partial charge in [0.15, 0.2) is 0 Å². The molecular weight excluding hydrogens is 262 g/mol. The first kappa shape index (κ1) is 13.3. The Morgan fingerprint density at radius 3 is 2.15 bits per heavy atom. The molecule has 2 aromatic rings. The molecule has 0 fully saturated rings. The predicted molar refractivity (Wildman–Crippen MR) is 87.3 cm³/mol. The van der Waals surface area contributed by atoms with E-state index in [1.54, 1.807) is 0 Å². The zero-order valence-electron chi connectivity index (χ0n) is 11.8. The van der Waals surface area contributed by atoms with Crippen molar-refractivity contribution >= 4 is 11.8 Å². The van der Waals surface area contributed by atoms with E-state index >= 15 is 0 Å². The first-order valence-corrected chi connectivity index (χ1v) is 7.97. The molecule has 0 amide bonds. The van der Waals surface area contributed by atoms with E-state index in [4.69, 9.17) is 0 Å². The summed E-state index contributed by atoms with van der Waals surface area (Å²) in [7, 11) is 0. The summed E-state index contributed by atoms with van der Waals surface area (Å²) in [6, 6.07) is 21.4. The highest BCUT2D eigenvalue weighted by Crippen LogP contribution is 2.34. The fourth-order valence-electron chi connectivity index (χ4n) is 2.46. The largest absolute Gasteiger partial charge is 0.360 e. The van der Waals surface area contributed by atoms with Crippen LogP contribution in [0.15, 0.2) is 71.3 Å². The molecule has 0 atom stereocenters. The first-order chi connectivity index (χ1) is 9.83. The molecule has 0 saturated carbocycles. The highest BCUT2D eigenvalue weighted by Gasteiger charge is 2.19. The minimum absolute atomic E-state index is 1.01. The van der Waals surface area contributed by atoms with Crippen molar-refractivity contribution in [3.8, 4) is 0 Å². The van der Waals surface area contributed by atoms with E-state index in [1.807, 2.05) is 11.8 Å². The Kier molecular flexibility index (Phi) is 4.12. The molecule has 1 aliphatic rings. The van der Waals surface area contributed by atoms with Gasteiger partial charge in [0.05, 0.1) is 5.88 Å². The van der Waals surface area contributed by atoms with Gasteiger partial charge in [0, 0.05) is 23.6 Å². The quantitative estimate of drug-likeness (QED) is 0.801. The molecule has 20 heavy (non-hydrogen) atoms. The Balaban J connectivity index is 1.70. The summed E-state index contributed by atoms with van der Waals surface area (Å²) in [6.45, 7) is 3.26. The van der Waals surface area contributed by atoms with Gasteiger partial charge in [-0.25, -0.2) is 0 Å². The van der Waals surface area contributed by atoms with Gasteiger partial charge in [0.2, 0.25) is 0 Å². The molecule has 2 heteroatoms. The van der Waals surface area contributed by atoms with Gasteiger partial charge < -0.3 is 4.90 Å². The lowest BCUT2D eigenvalue weighted by atomic mass is 10.1. The molecule has 102 valence electrons. The second-order valence-corrected chi connectivity index (χ2v) is 6.17. The van der Waals surface area contributed by atoms with Crippen molar-refractivity contribution in [1.82, 2.24) is 4.90 Å². The zero-order chi connectivity index (χ0) is 13.8. The summed E-state index contributed by atoms with van der Waals surface area (Å²) in [5.74, 6) is 1.07. The lowest BCUT2D eigenvalue weighted by Gasteiger charge is -2.19. The van der Waals surface area contributed by atoms with Crippen LogP contribution in [0.1, 0.15) is 18.1 Å². The Hall–Kier alpha value is -1.67. The summed E-state index contributed by atoms with van der Waals surface area (Å²) >= 11 is 1.98. The van der Waals surface area contributed by atoms with Crippen LogP contribution in [-0.2, 0) is 13.0 Å². The smallest absolute Gasteiger partial charge is 0.0684 e. The third-order valence-electron chi connectivity index (χ3n) is 3.70. The molecule has 3 rings (SSSR count). The van der Waals surface area contributed by atoms with Crippen LogP contribution in [0.3, 0.4) is 0 Å². The Morgan fingerprint density at radius 2 is 1.50 bits per heavy atom. The van der Waals surface area contributed by atoms with Crippen LogP contribution in [0.4, 0.5) is 0 Å². The number of nitrogens with zero attached hydrogens (tertiary/aromatic N) is 1. The number of thioether (sulfide) groups is 1. The van der Waals surface area contributed by atoms with E-state index in [2.05, 4.69) is 72.5 Å². The van der Waals surface area contributed by atoms with Crippen molar-refractivity contribution in [3.63, 3.8) is 0 Å². The molecule has 1 nitrogen and oxygen atoms in total. The Labute approximate surface area is 125 Å². The molecule has 0 spiro atoms. The van der Waals surface area contributed by atoms with E-state index in [-0.39, 0.29) is 0 Å². The fourth-order valence-corrected chi connectivity index (χ4v) is 3.67.